The lowest BCUT2D eigenvalue weighted by atomic mass is 9.58. The number of amides is 1. The molecule has 1 aromatic carbocycles. The van der Waals surface area contributed by atoms with Crippen molar-refractivity contribution in [2.45, 2.75) is 147 Å². The van der Waals surface area contributed by atoms with Crippen molar-refractivity contribution in [1.82, 2.24) is 20.0 Å². The highest BCUT2D eigenvalue weighted by Crippen LogP contribution is 2.52. The molecule has 0 aromatic heterocycles. The van der Waals surface area contributed by atoms with E-state index in [4.69, 9.17) is 11.8 Å². The first-order valence-corrected chi connectivity index (χ1v) is 19.5. The Balaban J connectivity index is 1.16. The molecule has 7 nitrogen and oxygen atoms in total. The number of carbonyl (C=O) groups is 1. The molecule has 2 heterocycles. The van der Waals surface area contributed by atoms with E-state index in [-0.39, 0.29) is 55.5 Å². The van der Waals surface area contributed by atoms with Crippen molar-refractivity contribution in [3.63, 3.8) is 0 Å². The van der Waals surface area contributed by atoms with E-state index < -0.39 is 5.92 Å². The third-order valence-electron chi connectivity index (χ3n) is 12.4. The van der Waals surface area contributed by atoms with Gasteiger partial charge in [0.25, 0.3) is 0 Å². The number of nitrogens with one attached hydrogen (secondary N) is 3. The second-order valence-electron chi connectivity index (χ2n) is 16.3. The summed E-state index contributed by atoms with van der Waals surface area (Å²) in [6, 6.07) is 10.6. The number of hydrogen-bond donors (Lipinski definition) is 3. The Morgan fingerprint density at radius 3 is 2.46 bits per heavy atom. The van der Waals surface area contributed by atoms with Gasteiger partial charge in [-0.2, -0.15) is 0 Å². The summed E-state index contributed by atoms with van der Waals surface area (Å²) in [7, 11) is 0. The molecule has 50 heavy (non-hydrogen) atoms. The molecule has 2 aliphatic heterocycles. The first kappa shape index (κ1) is 38.4. The molecule has 4 unspecified atom stereocenters. The second-order valence-corrected chi connectivity index (χ2v) is 16.3. The maximum atomic E-state index is 13.8. The van der Waals surface area contributed by atoms with Crippen LogP contribution in [0.2, 0.25) is 0 Å². The van der Waals surface area contributed by atoms with Gasteiger partial charge in [0.15, 0.2) is 0 Å². The Kier molecular flexibility index (Phi) is 13.2. The number of carbonyl (C=O) groups excluding carboxylic acids is 1. The Hall–Kier alpha value is -2.83. The Bertz CT molecular complexity index is 1330. The molecular formula is C41H62F2N6O. The average molecular weight is 693 g/mol. The number of benzene rings is 1. The fourth-order valence-corrected chi connectivity index (χ4v) is 9.68. The van der Waals surface area contributed by atoms with Crippen LogP contribution >= 0.6 is 0 Å². The van der Waals surface area contributed by atoms with Gasteiger partial charge in [-0.1, -0.05) is 30.3 Å². The summed E-state index contributed by atoms with van der Waals surface area (Å²) < 4.78 is 27.6. The third kappa shape index (κ3) is 9.73. The second kappa shape index (κ2) is 17.1. The summed E-state index contributed by atoms with van der Waals surface area (Å²) in [4.78, 5) is 20.5. The summed E-state index contributed by atoms with van der Waals surface area (Å²) in [5.74, 6) is 0.908. The van der Waals surface area contributed by atoms with Crippen LogP contribution in [-0.4, -0.2) is 82.5 Å². The highest BCUT2D eigenvalue weighted by molar-refractivity contribution is 5.98. The van der Waals surface area contributed by atoms with Crippen molar-refractivity contribution in [1.29, 1.82) is 10.8 Å². The molecule has 4 aliphatic rings. The van der Waals surface area contributed by atoms with Crippen molar-refractivity contribution in [3.8, 4) is 12.3 Å². The number of hydrogen-bond acceptors (Lipinski definition) is 5. The predicted octanol–water partition coefficient (Wildman–Crippen LogP) is 8.26. The van der Waals surface area contributed by atoms with Crippen LogP contribution in [0, 0.1) is 40.4 Å². The van der Waals surface area contributed by atoms with Crippen LogP contribution in [-0.2, 0) is 4.79 Å². The van der Waals surface area contributed by atoms with Crippen molar-refractivity contribution >= 4 is 17.6 Å². The van der Waals surface area contributed by atoms with E-state index in [0.717, 1.165) is 83.0 Å². The largest absolute Gasteiger partial charge is 0.349 e. The SMILES string of the molecule is C#CCCCCN1CCCC2(CC(C(=N)N(C(C)=N)C(C)CC3CCC(C)N3CCC(NC(=O)C3CCC(F)(F)CC3)c3ccccc3)C2)C1. The van der Waals surface area contributed by atoms with Crippen LogP contribution in [0.4, 0.5) is 8.78 Å². The molecule has 5 rings (SSSR count). The van der Waals surface area contributed by atoms with Crippen LogP contribution in [0.1, 0.15) is 129 Å². The number of likely N-dealkylation sites (tertiary alicyclic amines) is 2. The number of unbranched alkanes of at least 4 members (excludes halogenated alkanes) is 2. The van der Waals surface area contributed by atoms with E-state index in [1.54, 1.807) is 0 Å². The molecule has 2 saturated carbocycles. The number of halogens is 2. The molecule has 4 atom stereocenters. The van der Waals surface area contributed by atoms with Crippen molar-refractivity contribution in [2.24, 2.45) is 17.3 Å². The highest BCUT2D eigenvalue weighted by Gasteiger charge is 2.49. The van der Waals surface area contributed by atoms with Crippen LogP contribution in [0.3, 0.4) is 0 Å². The first-order chi connectivity index (χ1) is 23.9. The standard InChI is InChI=1S/C41H62F2N6O/c1-5-6-7-11-23-47-24-12-20-40(29-47)27-35(28-40)38(45)49(32(4)44)31(3)26-36-16-15-30(2)48(36)25-19-37(33-13-9-8-10-14-33)46-39(50)34-17-21-41(42,43)22-18-34/h1,8-10,13-14,30-31,34-37,44-45H,6-7,11-12,15-29H2,2-4H3,(H,46,50). The predicted molar refractivity (Wildman–Crippen MR) is 199 cm³/mol. The van der Waals surface area contributed by atoms with Crippen LogP contribution < -0.4 is 5.32 Å². The lowest BCUT2D eigenvalue weighted by Gasteiger charge is -2.54. The van der Waals surface area contributed by atoms with Crippen LogP contribution in [0.15, 0.2) is 30.3 Å². The zero-order valence-electron chi connectivity index (χ0n) is 30.9. The molecule has 276 valence electrons. The minimum atomic E-state index is -2.65. The average Bonchev–Trinajstić information content (AvgIpc) is 3.41. The van der Waals surface area contributed by atoms with Crippen LogP contribution in [0.25, 0.3) is 0 Å². The molecule has 9 heteroatoms. The van der Waals surface area contributed by atoms with E-state index in [1.807, 2.05) is 42.2 Å². The zero-order valence-corrected chi connectivity index (χ0v) is 30.9. The number of nitrogens with zero attached hydrogens (tertiary/aromatic N) is 3. The van der Waals surface area contributed by atoms with Gasteiger partial charge in [-0.05, 0) is 122 Å². The quantitative estimate of drug-likeness (QED) is 0.0793. The van der Waals surface area contributed by atoms with Gasteiger partial charge in [0, 0.05) is 62.3 Å². The molecule has 0 radical (unpaired) electrons. The third-order valence-corrected chi connectivity index (χ3v) is 12.4. The fourth-order valence-electron chi connectivity index (χ4n) is 9.68. The fraction of sp³-hybridized carbons (Fsp3) is 0.732. The number of rotatable bonds is 14. The Morgan fingerprint density at radius 1 is 1.06 bits per heavy atom. The lowest BCUT2D eigenvalue weighted by Crippen LogP contribution is -2.56. The van der Waals surface area contributed by atoms with Crippen molar-refractivity contribution < 1.29 is 13.6 Å². The summed E-state index contributed by atoms with van der Waals surface area (Å²) in [6.45, 7) is 10.5. The lowest BCUT2D eigenvalue weighted by molar-refractivity contribution is -0.130. The molecular weight excluding hydrogens is 630 g/mol. The van der Waals surface area contributed by atoms with E-state index in [1.165, 1.54) is 19.4 Å². The van der Waals surface area contributed by atoms with Gasteiger partial charge in [0.2, 0.25) is 11.8 Å². The van der Waals surface area contributed by atoms with E-state index in [9.17, 15) is 19.0 Å². The van der Waals surface area contributed by atoms with E-state index in [2.05, 4.69) is 34.9 Å². The molecule has 4 fully saturated rings. The number of alkyl halides is 2. The first-order valence-electron chi connectivity index (χ1n) is 19.5. The normalized spacial score (nSPS) is 25.4. The number of piperidine rings is 1. The molecule has 1 amide bonds. The van der Waals surface area contributed by atoms with Gasteiger partial charge >= 0.3 is 0 Å². The monoisotopic (exact) mass is 692 g/mol. The molecule has 0 bridgehead atoms. The van der Waals surface area contributed by atoms with E-state index in [0.29, 0.717) is 29.2 Å². The minimum absolute atomic E-state index is 0.0439. The Morgan fingerprint density at radius 2 is 1.78 bits per heavy atom. The molecule has 3 N–H and O–H groups in total. The van der Waals surface area contributed by atoms with E-state index >= 15 is 0 Å². The van der Waals surface area contributed by atoms with Crippen LogP contribution in [0.5, 0.6) is 0 Å². The maximum Gasteiger partial charge on any atom is 0.248 e. The van der Waals surface area contributed by atoms with Gasteiger partial charge in [-0.3, -0.25) is 20.5 Å². The van der Waals surface area contributed by atoms with Gasteiger partial charge in [-0.25, -0.2) is 8.78 Å². The summed E-state index contributed by atoms with van der Waals surface area (Å²) >= 11 is 0. The molecule has 2 saturated heterocycles. The Labute approximate surface area is 300 Å². The smallest absolute Gasteiger partial charge is 0.248 e. The van der Waals surface area contributed by atoms with Gasteiger partial charge in [0.05, 0.1) is 11.9 Å². The molecule has 2 aliphatic carbocycles. The van der Waals surface area contributed by atoms with Gasteiger partial charge in [0.1, 0.15) is 5.84 Å². The van der Waals surface area contributed by atoms with Gasteiger partial charge < -0.3 is 15.1 Å². The number of amidine groups is 2. The maximum absolute atomic E-state index is 13.8. The number of terminal acetylenes is 1. The molecule has 1 aromatic rings. The summed E-state index contributed by atoms with van der Waals surface area (Å²) in [6.07, 6.45) is 16.9. The summed E-state index contributed by atoms with van der Waals surface area (Å²) in [5.41, 5.74) is 1.36. The van der Waals surface area contributed by atoms with Crippen molar-refractivity contribution in [3.05, 3.63) is 35.9 Å². The van der Waals surface area contributed by atoms with Crippen molar-refractivity contribution in [2.75, 3.05) is 26.2 Å². The summed E-state index contributed by atoms with van der Waals surface area (Å²) in [5, 5.41) is 21.3. The zero-order chi connectivity index (χ0) is 35.9. The topological polar surface area (TPSA) is 86.5 Å². The highest BCUT2D eigenvalue weighted by atomic mass is 19.3. The molecule has 1 spiro atoms. The minimum Gasteiger partial charge on any atom is -0.349 e. The van der Waals surface area contributed by atoms with Gasteiger partial charge in [-0.15, -0.1) is 12.3 Å².